The standard InChI is InChI=1S/C12H28O5Si/c1-5-6-9-17-18(14-3,15-4)10-7-8-16-11-12(2)13/h12-13H,5-11H2,1-4H3. The first-order valence-electron chi connectivity index (χ1n) is 6.60. The molecular formula is C12H28O5Si. The van der Waals surface area contributed by atoms with Crippen molar-refractivity contribution in [3.63, 3.8) is 0 Å². The summed E-state index contributed by atoms with van der Waals surface area (Å²) in [4.78, 5) is 0. The lowest BCUT2D eigenvalue weighted by Gasteiger charge is -2.26. The van der Waals surface area contributed by atoms with Gasteiger partial charge in [0, 0.05) is 33.5 Å². The molecule has 0 heterocycles. The summed E-state index contributed by atoms with van der Waals surface area (Å²) in [5.41, 5.74) is 0. The molecule has 110 valence electrons. The fraction of sp³-hybridized carbons (Fsp3) is 1.00. The molecule has 0 aromatic carbocycles. The minimum Gasteiger partial charge on any atom is -0.391 e. The Morgan fingerprint density at radius 2 is 1.78 bits per heavy atom. The molecule has 18 heavy (non-hydrogen) atoms. The number of hydrogen-bond donors (Lipinski definition) is 1. The van der Waals surface area contributed by atoms with Gasteiger partial charge in [-0.1, -0.05) is 13.3 Å². The molecule has 5 nitrogen and oxygen atoms in total. The van der Waals surface area contributed by atoms with Crippen molar-refractivity contribution in [1.82, 2.24) is 0 Å². The number of ether oxygens (including phenoxy) is 1. The van der Waals surface area contributed by atoms with Crippen molar-refractivity contribution in [3.05, 3.63) is 0 Å². The zero-order chi connectivity index (χ0) is 13.9. The van der Waals surface area contributed by atoms with Gasteiger partial charge in [0.2, 0.25) is 0 Å². The third-order valence-electron chi connectivity index (χ3n) is 2.57. The van der Waals surface area contributed by atoms with Crippen LogP contribution in [0.2, 0.25) is 6.04 Å². The van der Waals surface area contributed by atoms with E-state index in [1.807, 2.05) is 0 Å². The summed E-state index contributed by atoms with van der Waals surface area (Å²) in [6.07, 6.45) is 2.50. The van der Waals surface area contributed by atoms with Crippen LogP contribution in [-0.4, -0.2) is 54.1 Å². The average Bonchev–Trinajstić information content (AvgIpc) is 2.36. The Morgan fingerprint density at radius 3 is 2.28 bits per heavy atom. The first-order chi connectivity index (χ1) is 8.60. The van der Waals surface area contributed by atoms with Gasteiger partial charge in [-0.15, -0.1) is 0 Å². The largest absolute Gasteiger partial charge is 0.500 e. The van der Waals surface area contributed by atoms with Gasteiger partial charge >= 0.3 is 8.80 Å². The zero-order valence-corrected chi connectivity index (χ0v) is 13.1. The first kappa shape index (κ1) is 18.0. The topological polar surface area (TPSA) is 57.2 Å². The Balaban J connectivity index is 3.86. The quantitative estimate of drug-likeness (QED) is 0.436. The highest BCUT2D eigenvalue weighted by Crippen LogP contribution is 2.16. The third-order valence-corrected chi connectivity index (χ3v) is 5.43. The predicted molar refractivity (Wildman–Crippen MR) is 72.6 cm³/mol. The minimum atomic E-state index is -2.50. The molecule has 0 radical (unpaired) electrons. The second-order valence-electron chi connectivity index (χ2n) is 4.32. The highest BCUT2D eigenvalue weighted by molar-refractivity contribution is 6.60. The van der Waals surface area contributed by atoms with Crippen molar-refractivity contribution in [2.24, 2.45) is 0 Å². The van der Waals surface area contributed by atoms with E-state index in [0.717, 1.165) is 25.3 Å². The van der Waals surface area contributed by atoms with Crippen LogP contribution in [0.5, 0.6) is 0 Å². The van der Waals surface area contributed by atoms with E-state index in [4.69, 9.17) is 23.1 Å². The van der Waals surface area contributed by atoms with Crippen LogP contribution in [0.3, 0.4) is 0 Å². The molecule has 0 saturated heterocycles. The SMILES string of the molecule is CCCCO[Si](CCCOCC(C)O)(OC)OC. The van der Waals surface area contributed by atoms with E-state index in [0.29, 0.717) is 19.8 Å². The molecule has 0 aromatic heterocycles. The summed E-state index contributed by atoms with van der Waals surface area (Å²) in [6, 6.07) is 0.740. The molecule has 0 aromatic rings. The highest BCUT2D eigenvalue weighted by Gasteiger charge is 2.38. The molecule has 1 atom stereocenters. The van der Waals surface area contributed by atoms with Gasteiger partial charge in [0.15, 0.2) is 0 Å². The van der Waals surface area contributed by atoms with E-state index < -0.39 is 14.9 Å². The lowest BCUT2D eigenvalue weighted by Crippen LogP contribution is -2.44. The van der Waals surface area contributed by atoms with Gasteiger partial charge in [-0.3, -0.25) is 0 Å². The lowest BCUT2D eigenvalue weighted by atomic mass is 10.4. The molecule has 0 aliphatic rings. The molecule has 1 unspecified atom stereocenters. The monoisotopic (exact) mass is 280 g/mol. The zero-order valence-electron chi connectivity index (χ0n) is 12.1. The Morgan fingerprint density at radius 1 is 1.11 bits per heavy atom. The predicted octanol–water partition coefficient (Wildman–Crippen LogP) is 1.82. The van der Waals surface area contributed by atoms with E-state index >= 15 is 0 Å². The van der Waals surface area contributed by atoms with Crippen molar-refractivity contribution >= 4 is 8.80 Å². The van der Waals surface area contributed by atoms with Crippen molar-refractivity contribution in [2.45, 2.75) is 45.3 Å². The number of aliphatic hydroxyl groups excluding tert-OH is 1. The van der Waals surface area contributed by atoms with Gasteiger partial charge in [-0.2, -0.15) is 0 Å². The van der Waals surface area contributed by atoms with Crippen LogP contribution in [0.4, 0.5) is 0 Å². The Bertz CT molecular complexity index is 185. The molecule has 0 amide bonds. The van der Waals surface area contributed by atoms with Crippen LogP contribution in [0.25, 0.3) is 0 Å². The molecule has 0 fully saturated rings. The van der Waals surface area contributed by atoms with E-state index in [1.54, 1.807) is 21.1 Å². The van der Waals surface area contributed by atoms with Crippen LogP contribution in [0, 0.1) is 0 Å². The van der Waals surface area contributed by atoms with Gasteiger partial charge in [0.25, 0.3) is 0 Å². The van der Waals surface area contributed by atoms with Crippen molar-refractivity contribution in [1.29, 1.82) is 0 Å². The van der Waals surface area contributed by atoms with E-state index in [9.17, 15) is 0 Å². The van der Waals surface area contributed by atoms with E-state index in [2.05, 4.69) is 6.92 Å². The van der Waals surface area contributed by atoms with Crippen molar-refractivity contribution in [2.75, 3.05) is 34.0 Å². The van der Waals surface area contributed by atoms with Crippen LogP contribution < -0.4 is 0 Å². The molecule has 0 bridgehead atoms. The number of unbranched alkanes of at least 4 members (excludes halogenated alkanes) is 1. The number of aliphatic hydroxyl groups is 1. The molecule has 0 saturated carbocycles. The maximum atomic E-state index is 9.06. The minimum absolute atomic E-state index is 0.366. The van der Waals surface area contributed by atoms with Gasteiger partial charge < -0.3 is 23.1 Å². The molecule has 0 aliphatic carbocycles. The lowest BCUT2D eigenvalue weighted by molar-refractivity contribution is 0.0429. The summed E-state index contributed by atoms with van der Waals surface area (Å²) in [5.74, 6) is 0. The summed E-state index contributed by atoms with van der Waals surface area (Å²) in [7, 11) is 0.774. The second-order valence-corrected chi connectivity index (χ2v) is 7.29. The molecule has 0 rings (SSSR count). The van der Waals surface area contributed by atoms with Gasteiger partial charge in [0.1, 0.15) is 0 Å². The summed E-state index contributed by atoms with van der Waals surface area (Å²) in [5, 5.41) is 9.06. The van der Waals surface area contributed by atoms with Gasteiger partial charge in [-0.05, 0) is 19.8 Å². The Labute approximate surface area is 112 Å². The molecule has 1 N–H and O–H groups in total. The van der Waals surface area contributed by atoms with Crippen LogP contribution in [0.15, 0.2) is 0 Å². The Hall–Kier alpha value is 0.0169. The summed E-state index contributed by atoms with van der Waals surface area (Å²) >= 11 is 0. The van der Waals surface area contributed by atoms with Gasteiger partial charge in [-0.25, -0.2) is 0 Å². The molecule has 0 aliphatic heterocycles. The van der Waals surface area contributed by atoms with Crippen LogP contribution in [-0.2, 0) is 18.0 Å². The highest BCUT2D eigenvalue weighted by atomic mass is 28.4. The van der Waals surface area contributed by atoms with E-state index in [-0.39, 0.29) is 0 Å². The summed E-state index contributed by atoms with van der Waals surface area (Å²) in [6.45, 7) is 5.46. The smallest absolute Gasteiger partial charge is 0.391 e. The average molecular weight is 280 g/mol. The number of rotatable bonds is 12. The van der Waals surface area contributed by atoms with Crippen LogP contribution in [0.1, 0.15) is 33.1 Å². The molecule has 6 heteroatoms. The normalized spacial score (nSPS) is 13.8. The fourth-order valence-corrected chi connectivity index (χ4v) is 3.48. The Kier molecular flexibility index (Phi) is 10.9. The third kappa shape index (κ3) is 8.18. The summed E-state index contributed by atoms with van der Waals surface area (Å²) < 4.78 is 22.0. The molecular weight excluding hydrogens is 252 g/mol. The van der Waals surface area contributed by atoms with Crippen molar-refractivity contribution in [3.8, 4) is 0 Å². The fourth-order valence-electron chi connectivity index (χ4n) is 1.49. The second kappa shape index (κ2) is 10.9. The van der Waals surface area contributed by atoms with Gasteiger partial charge in [0.05, 0.1) is 12.7 Å². The van der Waals surface area contributed by atoms with Crippen LogP contribution >= 0.6 is 0 Å². The first-order valence-corrected chi connectivity index (χ1v) is 8.53. The maximum absolute atomic E-state index is 9.06. The molecule has 0 spiro atoms. The maximum Gasteiger partial charge on any atom is 0.500 e. The van der Waals surface area contributed by atoms with E-state index in [1.165, 1.54) is 0 Å². The van der Waals surface area contributed by atoms with Crippen molar-refractivity contribution < 1.29 is 23.1 Å². The number of hydrogen-bond acceptors (Lipinski definition) is 5.